The Bertz CT molecular complexity index is 799. The van der Waals surface area contributed by atoms with Crippen molar-refractivity contribution >= 4 is 32.3 Å². The molecule has 0 aromatic heterocycles. The predicted molar refractivity (Wildman–Crippen MR) is 99.3 cm³/mol. The van der Waals surface area contributed by atoms with Crippen LogP contribution >= 0.6 is 12.4 Å². The lowest BCUT2D eigenvalue weighted by molar-refractivity contribution is 0.288. The quantitative estimate of drug-likeness (QED) is 0.773. The molecule has 0 amide bonds. The summed E-state index contributed by atoms with van der Waals surface area (Å²) in [5.41, 5.74) is 0. The molecule has 1 aliphatic carbocycles. The van der Waals surface area contributed by atoms with Gasteiger partial charge in [-0.1, -0.05) is 6.07 Å². The van der Waals surface area contributed by atoms with E-state index in [1.165, 1.54) is 41.4 Å². The first-order valence-corrected chi connectivity index (χ1v) is 11.6. The SMILES string of the molecule is CS(=O)(=O)c1cccc(S(=O)(=O)N2CCC(NCC3CC3)CC2)c1.Cl. The monoisotopic (exact) mass is 408 g/mol. The van der Waals surface area contributed by atoms with E-state index in [0.29, 0.717) is 19.1 Å². The highest BCUT2D eigenvalue weighted by Crippen LogP contribution is 2.28. The van der Waals surface area contributed by atoms with E-state index in [1.54, 1.807) is 0 Å². The third-order valence-electron chi connectivity index (χ3n) is 4.72. The van der Waals surface area contributed by atoms with Crippen molar-refractivity contribution in [3.63, 3.8) is 0 Å². The van der Waals surface area contributed by atoms with Crippen LogP contribution in [0.4, 0.5) is 0 Å². The minimum atomic E-state index is -3.65. The van der Waals surface area contributed by atoms with Crippen LogP contribution in [-0.2, 0) is 19.9 Å². The van der Waals surface area contributed by atoms with Crippen molar-refractivity contribution in [2.24, 2.45) is 5.92 Å². The maximum atomic E-state index is 12.8. The molecule has 2 fully saturated rings. The number of hydrogen-bond acceptors (Lipinski definition) is 5. The van der Waals surface area contributed by atoms with E-state index in [1.807, 2.05) is 0 Å². The van der Waals surface area contributed by atoms with Crippen LogP contribution in [0.5, 0.6) is 0 Å². The highest BCUT2D eigenvalue weighted by Gasteiger charge is 2.30. The minimum absolute atomic E-state index is 0. The molecule has 3 rings (SSSR count). The number of sulfonamides is 1. The molecule has 1 heterocycles. The fourth-order valence-corrected chi connectivity index (χ4v) is 5.23. The van der Waals surface area contributed by atoms with Gasteiger partial charge in [-0.15, -0.1) is 12.4 Å². The summed E-state index contributed by atoms with van der Waals surface area (Å²) in [5, 5.41) is 3.52. The molecule has 0 radical (unpaired) electrons. The molecule has 2 aliphatic rings. The molecule has 6 nitrogen and oxygen atoms in total. The van der Waals surface area contributed by atoms with Gasteiger partial charge < -0.3 is 5.32 Å². The smallest absolute Gasteiger partial charge is 0.243 e. The Morgan fingerprint density at radius 2 is 1.64 bits per heavy atom. The first-order valence-electron chi connectivity index (χ1n) is 8.30. The van der Waals surface area contributed by atoms with Crippen molar-refractivity contribution in [1.82, 2.24) is 9.62 Å². The molecule has 0 atom stereocenters. The van der Waals surface area contributed by atoms with Crippen LogP contribution in [0.2, 0.25) is 0 Å². The second-order valence-corrected chi connectivity index (χ2v) is 10.7. The molecule has 1 aromatic rings. The van der Waals surface area contributed by atoms with E-state index < -0.39 is 19.9 Å². The number of halogens is 1. The average Bonchev–Trinajstić information content (AvgIpc) is 3.37. The minimum Gasteiger partial charge on any atom is -0.314 e. The number of sulfone groups is 1. The molecule has 1 saturated carbocycles. The van der Waals surface area contributed by atoms with Gasteiger partial charge in [-0.3, -0.25) is 0 Å². The predicted octanol–water partition coefficient (Wildman–Crippen LogP) is 1.66. The van der Waals surface area contributed by atoms with Crippen LogP contribution in [0.15, 0.2) is 34.1 Å². The zero-order chi connectivity index (χ0) is 17.4. The van der Waals surface area contributed by atoms with Crippen LogP contribution in [0, 0.1) is 5.92 Å². The normalized spacial score (nSPS) is 20.2. The highest BCUT2D eigenvalue weighted by molar-refractivity contribution is 7.91. The van der Waals surface area contributed by atoms with E-state index in [2.05, 4.69) is 5.32 Å². The first kappa shape index (κ1) is 20.6. The van der Waals surface area contributed by atoms with Crippen LogP contribution in [-0.4, -0.2) is 53.1 Å². The lowest BCUT2D eigenvalue weighted by atomic mass is 10.1. The van der Waals surface area contributed by atoms with Crippen LogP contribution in [0.25, 0.3) is 0 Å². The lowest BCUT2D eigenvalue weighted by Gasteiger charge is -2.31. The summed E-state index contributed by atoms with van der Waals surface area (Å²) in [4.78, 5) is 0.0828. The van der Waals surface area contributed by atoms with Gasteiger partial charge in [-0.2, -0.15) is 4.31 Å². The Kier molecular flexibility index (Phi) is 6.54. The summed E-state index contributed by atoms with van der Waals surface area (Å²) in [6, 6.07) is 5.98. The number of nitrogens with one attached hydrogen (secondary N) is 1. The van der Waals surface area contributed by atoms with Gasteiger partial charge in [0, 0.05) is 25.4 Å². The van der Waals surface area contributed by atoms with Gasteiger partial charge in [-0.05, 0) is 56.3 Å². The molecule has 1 aliphatic heterocycles. The number of rotatable bonds is 6. The lowest BCUT2D eigenvalue weighted by Crippen LogP contribution is -2.45. The fraction of sp³-hybridized carbons (Fsp3) is 0.625. The van der Waals surface area contributed by atoms with Gasteiger partial charge in [-0.25, -0.2) is 16.8 Å². The number of hydrogen-bond donors (Lipinski definition) is 1. The molecule has 0 bridgehead atoms. The molecule has 0 spiro atoms. The van der Waals surface area contributed by atoms with Gasteiger partial charge >= 0.3 is 0 Å². The second-order valence-electron chi connectivity index (χ2n) is 6.78. The standard InChI is InChI=1S/C16H24N2O4S2.ClH/c1-23(19,20)15-3-2-4-16(11-15)24(21,22)18-9-7-14(8-10-18)17-12-13-5-6-13;/h2-4,11,13-14,17H,5-10,12H2,1H3;1H. The van der Waals surface area contributed by atoms with Crippen molar-refractivity contribution in [3.8, 4) is 0 Å². The Morgan fingerprint density at radius 3 is 2.20 bits per heavy atom. The molecule has 0 unspecified atom stereocenters. The molecular weight excluding hydrogens is 384 g/mol. The molecule has 25 heavy (non-hydrogen) atoms. The number of piperidine rings is 1. The van der Waals surface area contributed by atoms with Gasteiger partial charge in [0.15, 0.2) is 9.84 Å². The molecule has 142 valence electrons. The molecule has 9 heteroatoms. The Balaban J connectivity index is 0.00000225. The zero-order valence-electron chi connectivity index (χ0n) is 14.2. The third kappa shape index (κ3) is 5.17. The summed E-state index contributed by atoms with van der Waals surface area (Å²) in [7, 11) is -7.07. The van der Waals surface area contributed by atoms with Crippen LogP contribution in [0.1, 0.15) is 25.7 Å². The molecular formula is C16H25ClN2O4S2. The van der Waals surface area contributed by atoms with E-state index >= 15 is 0 Å². The maximum absolute atomic E-state index is 12.8. The zero-order valence-corrected chi connectivity index (χ0v) is 16.7. The summed E-state index contributed by atoms with van der Waals surface area (Å²) in [5.74, 6) is 0.811. The summed E-state index contributed by atoms with van der Waals surface area (Å²) in [6.07, 6.45) is 5.26. The van der Waals surface area contributed by atoms with Crippen molar-refractivity contribution in [1.29, 1.82) is 0 Å². The van der Waals surface area contributed by atoms with Crippen LogP contribution < -0.4 is 5.32 Å². The Morgan fingerprint density at radius 1 is 1.04 bits per heavy atom. The Hall–Kier alpha value is -0.670. The largest absolute Gasteiger partial charge is 0.314 e. The number of benzene rings is 1. The summed E-state index contributed by atoms with van der Waals surface area (Å²) < 4.78 is 50.3. The van der Waals surface area contributed by atoms with Crippen molar-refractivity contribution in [2.45, 2.75) is 41.5 Å². The first-order chi connectivity index (χ1) is 11.3. The molecule has 1 saturated heterocycles. The maximum Gasteiger partial charge on any atom is 0.243 e. The van der Waals surface area contributed by atoms with E-state index in [-0.39, 0.29) is 22.2 Å². The van der Waals surface area contributed by atoms with Gasteiger partial charge in [0.05, 0.1) is 9.79 Å². The number of nitrogens with zero attached hydrogens (tertiary/aromatic N) is 1. The van der Waals surface area contributed by atoms with Gasteiger partial charge in [0.1, 0.15) is 0 Å². The van der Waals surface area contributed by atoms with Gasteiger partial charge in [0.25, 0.3) is 0 Å². The molecule has 1 aromatic carbocycles. The van der Waals surface area contributed by atoms with Crippen molar-refractivity contribution < 1.29 is 16.8 Å². The van der Waals surface area contributed by atoms with Crippen molar-refractivity contribution in [2.75, 3.05) is 25.9 Å². The van der Waals surface area contributed by atoms with E-state index in [0.717, 1.165) is 31.6 Å². The summed E-state index contributed by atoms with van der Waals surface area (Å²) >= 11 is 0. The third-order valence-corrected chi connectivity index (χ3v) is 7.72. The van der Waals surface area contributed by atoms with Gasteiger partial charge in [0.2, 0.25) is 10.0 Å². The van der Waals surface area contributed by atoms with E-state index in [4.69, 9.17) is 0 Å². The Labute approximate surface area is 156 Å². The molecule has 1 N–H and O–H groups in total. The fourth-order valence-electron chi connectivity index (χ4n) is 2.97. The second kappa shape index (κ2) is 7.92. The van der Waals surface area contributed by atoms with Crippen LogP contribution in [0.3, 0.4) is 0 Å². The average molecular weight is 409 g/mol. The van der Waals surface area contributed by atoms with E-state index in [9.17, 15) is 16.8 Å². The summed E-state index contributed by atoms with van der Waals surface area (Å²) in [6.45, 7) is 1.97. The van der Waals surface area contributed by atoms with Crippen molar-refractivity contribution in [3.05, 3.63) is 24.3 Å². The topological polar surface area (TPSA) is 83.5 Å². The highest BCUT2D eigenvalue weighted by atomic mass is 35.5.